The zero-order valence-corrected chi connectivity index (χ0v) is 10.4. The molecule has 1 aromatic heterocycles. The van der Waals surface area contributed by atoms with E-state index in [2.05, 4.69) is 31.1 Å². The lowest BCUT2D eigenvalue weighted by molar-refractivity contribution is 0.167. The van der Waals surface area contributed by atoms with Crippen molar-refractivity contribution < 1.29 is 14.7 Å². The Morgan fingerprint density at radius 3 is 2.00 bits per heavy atom. The first kappa shape index (κ1) is 14.5. The van der Waals surface area contributed by atoms with Gasteiger partial charge in [0.2, 0.25) is 11.9 Å². The van der Waals surface area contributed by atoms with Gasteiger partial charge in [-0.25, -0.2) is 5.48 Å². The van der Waals surface area contributed by atoms with Crippen molar-refractivity contribution in [1.82, 2.24) is 20.4 Å². The van der Waals surface area contributed by atoms with Crippen LogP contribution in [0, 0.1) is 0 Å². The predicted octanol–water partition coefficient (Wildman–Crippen LogP) is -0.575. The number of nitrogens with zero attached hydrogens (tertiary/aromatic N) is 3. The lowest BCUT2D eigenvalue weighted by atomic mass is 10.4. The van der Waals surface area contributed by atoms with Gasteiger partial charge in [0, 0.05) is 27.2 Å². The van der Waals surface area contributed by atoms with Crippen LogP contribution in [0.3, 0.4) is 0 Å². The molecule has 9 nitrogen and oxygen atoms in total. The molecule has 0 aliphatic rings. The number of ether oxygens (including phenoxy) is 2. The van der Waals surface area contributed by atoms with Crippen molar-refractivity contribution in [2.24, 2.45) is 0 Å². The van der Waals surface area contributed by atoms with Gasteiger partial charge >= 0.3 is 0 Å². The van der Waals surface area contributed by atoms with E-state index in [0.717, 1.165) is 0 Å². The number of methoxy groups -OCH3 is 2. The van der Waals surface area contributed by atoms with Crippen LogP contribution in [0.1, 0.15) is 5.82 Å². The van der Waals surface area contributed by atoms with Crippen LogP contribution in [-0.4, -0.2) is 54.4 Å². The second-order valence-electron chi connectivity index (χ2n) is 3.28. The summed E-state index contributed by atoms with van der Waals surface area (Å²) in [7, 11) is 3.13. The molecule has 4 N–H and O–H groups in total. The minimum Gasteiger partial charge on any atom is -0.364 e. The summed E-state index contributed by atoms with van der Waals surface area (Å²) >= 11 is 0. The maximum atomic E-state index is 8.56. The fraction of sp³-hybridized carbons (Fsp3) is 0.667. The molecule has 0 atom stereocenters. The van der Waals surface area contributed by atoms with E-state index in [9.17, 15) is 0 Å². The van der Waals surface area contributed by atoms with Gasteiger partial charge in [-0.15, -0.1) is 0 Å². The molecule has 0 saturated carbocycles. The molecule has 9 heteroatoms. The summed E-state index contributed by atoms with van der Waals surface area (Å²) in [5, 5.41) is 14.3. The monoisotopic (exact) mass is 258 g/mol. The second-order valence-corrected chi connectivity index (χ2v) is 3.28. The summed E-state index contributed by atoms with van der Waals surface area (Å²) in [6.45, 7) is 0.953. The van der Waals surface area contributed by atoms with Crippen LogP contribution >= 0.6 is 0 Å². The highest BCUT2D eigenvalue weighted by molar-refractivity contribution is 5.33. The highest BCUT2D eigenvalue weighted by atomic mass is 16.5. The maximum Gasteiger partial charge on any atom is 0.229 e. The van der Waals surface area contributed by atoms with Gasteiger partial charge in [0.15, 0.2) is 0 Å². The molecule has 1 heterocycles. The van der Waals surface area contributed by atoms with Crippen molar-refractivity contribution in [2.45, 2.75) is 6.42 Å². The van der Waals surface area contributed by atoms with Crippen LogP contribution in [0.5, 0.6) is 0 Å². The summed E-state index contributed by atoms with van der Waals surface area (Å²) in [5.74, 6) is 1.35. The van der Waals surface area contributed by atoms with Crippen molar-refractivity contribution in [2.75, 3.05) is 44.9 Å². The van der Waals surface area contributed by atoms with Crippen molar-refractivity contribution >= 4 is 11.9 Å². The van der Waals surface area contributed by atoms with Gasteiger partial charge in [-0.05, 0) is 0 Å². The molecule has 0 aromatic carbocycles. The normalized spacial score (nSPS) is 10.4. The summed E-state index contributed by atoms with van der Waals surface area (Å²) < 4.78 is 9.76. The third-order valence-corrected chi connectivity index (χ3v) is 1.89. The molecule has 18 heavy (non-hydrogen) atoms. The van der Waals surface area contributed by atoms with Crippen molar-refractivity contribution in [1.29, 1.82) is 0 Å². The first-order valence-electron chi connectivity index (χ1n) is 5.37. The van der Waals surface area contributed by atoms with Gasteiger partial charge in [0.1, 0.15) is 19.3 Å². The number of hydrogen-bond acceptors (Lipinski definition) is 9. The topological polar surface area (TPSA) is 113 Å². The van der Waals surface area contributed by atoms with Crippen LogP contribution in [0.4, 0.5) is 11.9 Å². The van der Waals surface area contributed by atoms with Crippen LogP contribution < -0.4 is 16.1 Å². The van der Waals surface area contributed by atoms with Crippen LogP contribution in [0.25, 0.3) is 0 Å². The van der Waals surface area contributed by atoms with Gasteiger partial charge in [0.25, 0.3) is 0 Å². The predicted molar refractivity (Wildman–Crippen MR) is 64.3 cm³/mol. The molecule has 1 rings (SSSR count). The highest BCUT2D eigenvalue weighted by Crippen LogP contribution is 2.05. The van der Waals surface area contributed by atoms with E-state index < -0.39 is 0 Å². The Morgan fingerprint density at radius 2 is 1.56 bits per heavy atom. The van der Waals surface area contributed by atoms with Gasteiger partial charge in [0.05, 0.1) is 0 Å². The molecule has 0 aliphatic carbocycles. The van der Waals surface area contributed by atoms with E-state index in [-0.39, 0.29) is 0 Å². The number of nitrogens with one attached hydrogen (secondary N) is 3. The molecule has 0 spiro atoms. The van der Waals surface area contributed by atoms with Gasteiger partial charge in [-0.2, -0.15) is 15.0 Å². The summed E-state index contributed by atoms with van der Waals surface area (Å²) in [5.41, 5.74) is 2.05. The Hall–Kier alpha value is -1.55. The van der Waals surface area contributed by atoms with E-state index in [1.807, 2.05) is 0 Å². The average Bonchev–Trinajstić information content (AvgIpc) is 2.40. The van der Waals surface area contributed by atoms with Crippen LogP contribution in [0.2, 0.25) is 0 Å². The van der Waals surface area contributed by atoms with E-state index in [0.29, 0.717) is 44.1 Å². The van der Waals surface area contributed by atoms with E-state index in [1.54, 1.807) is 14.2 Å². The molecule has 0 bridgehead atoms. The summed E-state index contributed by atoms with van der Waals surface area (Å²) in [6.07, 6.45) is 0.475. The Kier molecular flexibility index (Phi) is 6.87. The first-order valence-corrected chi connectivity index (χ1v) is 5.37. The number of hydroxylamine groups is 1. The molecule has 0 fully saturated rings. The Bertz CT molecular complexity index is 286. The van der Waals surface area contributed by atoms with Crippen molar-refractivity contribution in [3.63, 3.8) is 0 Å². The molecule has 0 radical (unpaired) electrons. The second kappa shape index (κ2) is 8.53. The van der Waals surface area contributed by atoms with Crippen molar-refractivity contribution in [3.05, 3.63) is 5.82 Å². The maximum absolute atomic E-state index is 8.56. The van der Waals surface area contributed by atoms with Crippen molar-refractivity contribution in [3.8, 4) is 0 Å². The molecular weight excluding hydrogens is 240 g/mol. The lowest BCUT2D eigenvalue weighted by Gasteiger charge is -2.09. The van der Waals surface area contributed by atoms with Gasteiger partial charge < -0.3 is 25.3 Å². The highest BCUT2D eigenvalue weighted by Gasteiger charge is 2.05. The van der Waals surface area contributed by atoms with E-state index in [4.69, 9.17) is 14.7 Å². The SMILES string of the molecule is COCNc1nc(CCNO)nc(NCOC)n1. The average molecular weight is 258 g/mol. The number of rotatable bonds is 9. The smallest absolute Gasteiger partial charge is 0.229 e. The minimum absolute atomic E-state index is 0.297. The number of hydrogen-bond donors (Lipinski definition) is 4. The van der Waals surface area contributed by atoms with E-state index >= 15 is 0 Å². The fourth-order valence-electron chi connectivity index (χ4n) is 1.13. The first-order chi connectivity index (χ1) is 8.80. The summed E-state index contributed by atoms with van der Waals surface area (Å²) in [4.78, 5) is 12.5. The molecular formula is C9H18N6O3. The largest absolute Gasteiger partial charge is 0.364 e. The zero-order chi connectivity index (χ0) is 13.2. The van der Waals surface area contributed by atoms with Crippen LogP contribution in [0.15, 0.2) is 0 Å². The van der Waals surface area contributed by atoms with Gasteiger partial charge in [-0.3, -0.25) is 0 Å². The quantitative estimate of drug-likeness (QED) is 0.341. The third-order valence-electron chi connectivity index (χ3n) is 1.89. The summed E-state index contributed by atoms with van der Waals surface area (Å²) in [6, 6.07) is 0. The molecule has 0 unspecified atom stereocenters. The third kappa shape index (κ3) is 5.19. The molecule has 1 aromatic rings. The lowest BCUT2D eigenvalue weighted by Crippen LogP contribution is -2.17. The minimum atomic E-state index is 0.297. The Morgan fingerprint density at radius 1 is 1.00 bits per heavy atom. The van der Waals surface area contributed by atoms with E-state index in [1.165, 1.54) is 0 Å². The molecule has 0 saturated heterocycles. The number of aromatic nitrogens is 3. The van der Waals surface area contributed by atoms with Gasteiger partial charge in [-0.1, -0.05) is 0 Å². The Labute approximate surface area is 105 Å². The number of anilines is 2. The fourth-order valence-corrected chi connectivity index (χ4v) is 1.13. The van der Waals surface area contributed by atoms with Crippen LogP contribution in [-0.2, 0) is 15.9 Å². The zero-order valence-electron chi connectivity index (χ0n) is 10.4. The Balaban J connectivity index is 2.74. The standard InChI is InChI=1S/C9H18N6O3/c1-17-5-10-8-13-7(3-4-12-16)14-9(15-8)11-6-18-2/h12,16H,3-6H2,1-2H3,(H2,10,11,13,14,15). The molecule has 0 amide bonds. The molecule has 0 aliphatic heterocycles. The molecule has 102 valence electrons.